The summed E-state index contributed by atoms with van der Waals surface area (Å²) in [5.41, 5.74) is 1.39. The first-order chi connectivity index (χ1) is 9.86. The number of hydrogen-bond acceptors (Lipinski definition) is 3. The van der Waals surface area contributed by atoms with Gasteiger partial charge in [0, 0.05) is 30.2 Å². The first-order valence-corrected chi connectivity index (χ1v) is 8.46. The molecule has 1 aliphatic heterocycles. The first-order valence-electron chi connectivity index (χ1n) is 6.64. The number of sulfonamides is 1. The normalized spacial score (nSPS) is 16.9. The van der Waals surface area contributed by atoms with Crippen LogP contribution in [-0.4, -0.2) is 32.9 Å². The Labute approximate surface area is 129 Å². The zero-order valence-corrected chi connectivity index (χ0v) is 13.6. The van der Waals surface area contributed by atoms with E-state index in [9.17, 15) is 12.8 Å². The molecule has 7 heteroatoms. The molecular weight excluding hydrogens is 315 g/mol. The fourth-order valence-corrected chi connectivity index (χ4v) is 4.05. The summed E-state index contributed by atoms with van der Waals surface area (Å²) < 4.78 is 40.9. The highest BCUT2D eigenvalue weighted by Gasteiger charge is 2.29. The molecule has 0 atom stereocenters. The van der Waals surface area contributed by atoms with Crippen molar-refractivity contribution >= 4 is 21.6 Å². The summed E-state index contributed by atoms with van der Waals surface area (Å²) in [5, 5.41) is 3.01. The van der Waals surface area contributed by atoms with Gasteiger partial charge in [-0.05, 0) is 32.5 Å². The maximum Gasteiger partial charge on any atom is 0.246 e. The third-order valence-electron chi connectivity index (χ3n) is 3.46. The highest BCUT2D eigenvalue weighted by Crippen LogP contribution is 2.27. The predicted molar refractivity (Wildman–Crippen MR) is 81.3 cm³/mol. The van der Waals surface area contributed by atoms with Crippen molar-refractivity contribution in [3.05, 3.63) is 40.2 Å². The summed E-state index contributed by atoms with van der Waals surface area (Å²) in [7, 11) is -2.22. The zero-order valence-electron chi connectivity index (χ0n) is 12.0. The summed E-state index contributed by atoms with van der Waals surface area (Å²) in [6.45, 7) is 2.79. The van der Waals surface area contributed by atoms with Gasteiger partial charge in [-0.2, -0.15) is 4.31 Å². The van der Waals surface area contributed by atoms with Gasteiger partial charge in [0.15, 0.2) is 0 Å². The van der Waals surface area contributed by atoms with Crippen molar-refractivity contribution in [2.24, 2.45) is 0 Å². The molecule has 1 heterocycles. The standard InChI is InChI=1S/C14H18ClFN2O2S/c1-10-3-5-18(6-4-10)21(19,20)13-8-12(15)7-11(9-17-2)14(13)16/h3,7-8,17H,4-6,9H2,1-2H3. The third kappa shape index (κ3) is 3.45. The molecule has 0 saturated carbocycles. The van der Waals surface area contributed by atoms with E-state index in [1.807, 2.05) is 13.0 Å². The Kier molecular flexibility index (Phi) is 5.03. The Morgan fingerprint density at radius 2 is 2.14 bits per heavy atom. The maximum absolute atomic E-state index is 14.4. The largest absolute Gasteiger partial charge is 0.316 e. The van der Waals surface area contributed by atoms with Gasteiger partial charge in [0.2, 0.25) is 10.0 Å². The highest BCUT2D eigenvalue weighted by molar-refractivity contribution is 7.89. The van der Waals surface area contributed by atoms with Crippen molar-refractivity contribution in [1.29, 1.82) is 0 Å². The van der Waals surface area contributed by atoms with Crippen LogP contribution in [0.1, 0.15) is 18.9 Å². The second-order valence-corrected chi connectivity index (χ2v) is 7.41. The van der Waals surface area contributed by atoms with E-state index >= 15 is 0 Å². The van der Waals surface area contributed by atoms with Crippen LogP contribution in [0.3, 0.4) is 0 Å². The molecule has 1 aliphatic rings. The molecule has 1 aromatic rings. The molecule has 0 aliphatic carbocycles. The Hall–Kier alpha value is -0.950. The van der Waals surface area contributed by atoms with Crippen molar-refractivity contribution in [3.63, 3.8) is 0 Å². The van der Waals surface area contributed by atoms with E-state index in [1.54, 1.807) is 7.05 Å². The number of halogens is 2. The molecule has 2 rings (SSSR count). The van der Waals surface area contributed by atoms with Crippen LogP contribution in [0, 0.1) is 5.82 Å². The monoisotopic (exact) mass is 332 g/mol. The molecule has 0 amide bonds. The predicted octanol–water partition coefficient (Wildman–Crippen LogP) is 2.54. The molecule has 0 spiro atoms. The van der Waals surface area contributed by atoms with Gasteiger partial charge in [0.25, 0.3) is 0 Å². The average Bonchev–Trinajstić information content (AvgIpc) is 2.43. The second kappa shape index (κ2) is 6.44. The van der Waals surface area contributed by atoms with Crippen LogP contribution in [0.5, 0.6) is 0 Å². The van der Waals surface area contributed by atoms with Gasteiger partial charge in [0.05, 0.1) is 0 Å². The molecule has 0 aromatic heterocycles. The lowest BCUT2D eigenvalue weighted by molar-refractivity contribution is 0.426. The van der Waals surface area contributed by atoms with E-state index in [0.717, 1.165) is 5.57 Å². The Morgan fingerprint density at radius 3 is 2.71 bits per heavy atom. The van der Waals surface area contributed by atoms with E-state index in [2.05, 4.69) is 5.32 Å². The third-order valence-corrected chi connectivity index (χ3v) is 5.55. The molecule has 116 valence electrons. The van der Waals surface area contributed by atoms with Gasteiger partial charge in [-0.25, -0.2) is 12.8 Å². The van der Waals surface area contributed by atoms with Crippen LogP contribution in [-0.2, 0) is 16.6 Å². The van der Waals surface area contributed by atoms with Crippen molar-refractivity contribution < 1.29 is 12.8 Å². The summed E-state index contributed by atoms with van der Waals surface area (Å²) >= 11 is 5.94. The molecule has 0 fully saturated rings. The lowest BCUT2D eigenvalue weighted by atomic mass is 10.1. The van der Waals surface area contributed by atoms with E-state index in [-0.39, 0.29) is 28.6 Å². The van der Waals surface area contributed by atoms with Gasteiger partial charge in [-0.15, -0.1) is 0 Å². The van der Waals surface area contributed by atoms with Crippen molar-refractivity contribution in [2.75, 3.05) is 20.1 Å². The second-order valence-electron chi connectivity index (χ2n) is 5.07. The van der Waals surface area contributed by atoms with Crippen LogP contribution in [0.25, 0.3) is 0 Å². The minimum atomic E-state index is -3.88. The van der Waals surface area contributed by atoms with Crippen LogP contribution in [0.2, 0.25) is 5.02 Å². The van der Waals surface area contributed by atoms with Gasteiger partial charge in [-0.1, -0.05) is 23.3 Å². The molecule has 4 nitrogen and oxygen atoms in total. The number of nitrogens with zero attached hydrogens (tertiary/aromatic N) is 1. The molecular formula is C14H18ClFN2O2S. The van der Waals surface area contributed by atoms with Gasteiger partial charge < -0.3 is 5.32 Å². The van der Waals surface area contributed by atoms with Gasteiger partial charge >= 0.3 is 0 Å². The molecule has 1 N–H and O–H groups in total. The molecule has 1 aromatic carbocycles. The zero-order chi connectivity index (χ0) is 15.6. The fraction of sp³-hybridized carbons (Fsp3) is 0.429. The Balaban J connectivity index is 2.45. The number of hydrogen-bond donors (Lipinski definition) is 1. The minimum absolute atomic E-state index is 0.212. The smallest absolute Gasteiger partial charge is 0.246 e. The lowest BCUT2D eigenvalue weighted by Crippen LogP contribution is -2.35. The highest BCUT2D eigenvalue weighted by atomic mass is 35.5. The SMILES string of the molecule is CNCc1cc(Cl)cc(S(=O)(=O)N2CC=C(C)CC2)c1F. The van der Waals surface area contributed by atoms with Crippen LogP contribution in [0.4, 0.5) is 4.39 Å². The van der Waals surface area contributed by atoms with Crippen LogP contribution >= 0.6 is 11.6 Å². The van der Waals surface area contributed by atoms with Gasteiger partial charge in [0.1, 0.15) is 10.7 Å². The van der Waals surface area contributed by atoms with Crippen molar-refractivity contribution in [3.8, 4) is 0 Å². The van der Waals surface area contributed by atoms with E-state index < -0.39 is 15.8 Å². The van der Waals surface area contributed by atoms with Crippen LogP contribution < -0.4 is 5.32 Å². The Bertz CT molecular complexity index is 674. The van der Waals surface area contributed by atoms with Crippen LogP contribution in [0.15, 0.2) is 28.7 Å². The molecule has 21 heavy (non-hydrogen) atoms. The Morgan fingerprint density at radius 1 is 1.43 bits per heavy atom. The van der Waals surface area contributed by atoms with E-state index in [0.29, 0.717) is 13.0 Å². The minimum Gasteiger partial charge on any atom is -0.316 e. The average molecular weight is 333 g/mol. The molecule has 0 saturated heterocycles. The van der Waals surface area contributed by atoms with E-state index in [1.165, 1.54) is 16.4 Å². The lowest BCUT2D eigenvalue weighted by Gasteiger charge is -2.25. The molecule has 0 radical (unpaired) electrons. The summed E-state index contributed by atoms with van der Waals surface area (Å²) in [4.78, 5) is -0.354. The topological polar surface area (TPSA) is 49.4 Å². The van der Waals surface area contributed by atoms with E-state index in [4.69, 9.17) is 11.6 Å². The summed E-state index contributed by atoms with van der Waals surface area (Å²) in [6.07, 6.45) is 2.50. The fourth-order valence-electron chi connectivity index (χ4n) is 2.23. The molecule has 0 bridgehead atoms. The first kappa shape index (κ1) is 16.4. The van der Waals surface area contributed by atoms with Crippen molar-refractivity contribution in [1.82, 2.24) is 9.62 Å². The maximum atomic E-state index is 14.4. The summed E-state index contributed by atoms with van der Waals surface area (Å²) in [6, 6.07) is 2.61. The van der Waals surface area contributed by atoms with Crippen molar-refractivity contribution in [2.45, 2.75) is 24.8 Å². The summed E-state index contributed by atoms with van der Waals surface area (Å²) in [5.74, 6) is -0.736. The molecule has 0 unspecified atom stereocenters. The van der Waals surface area contributed by atoms with Gasteiger partial charge in [-0.3, -0.25) is 0 Å². The quantitative estimate of drug-likeness (QED) is 0.862. The number of benzene rings is 1. The number of rotatable bonds is 4. The number of nitrogens with one attached hydrogen (secondary N) is 1.